The zero-order chi connectivity index (χ0) is 13.1. The lowest BCUT2D eigenvalue weighted by Crippen LogP contribution is -2.35. The second kappa shape index (κ2) is 5.49. The summed E-state index contributed by atoms with van der Waals surface area (Å²) in [6, 6.07) is -0.185. The molecule has 98 valence electrons. The lowest BCUT2D eigenvalue weighted by atomic mass is 10.2. The van der Waals surface area contributed by atoms with Gasteiger partial charge in [-0.25, -0.2) is 4.98 Å². The zero-order valence-electron chi connectivity index (χ0n) is 10.5. The van der Waals surface area contributed by atoms with Gasteiger partial charge in [-0.2, -0.15) is 0 Å². The van der Waals surface area contributed by atoms with E-state index in [-0.39, 0.29) is 18.6 Å². The smallest absolute Gasteiger partial charge is 0.220 e. The van der Waals surface area contributed by atoms with Crippen LogP contribution in [0.15, 0.2) is 11.6 Å². The lowest BCUT2D eigenvalue weighted by molar-refractivity contribution is -0.121. The third-order valence-electron chi connectivity index (χ3n) is 2.69. The molecule has 5 nitrogen and oxygen atoms in total. The first-order valence-corrected chi connectivity index (χ1v) is 6.80. The number of carbonyl (C=O) groups is 1. The summed E-state index contributed by atoms with van der Waals surface area (Å²) in [5.41, 5.74) is 2.09. The second-order valence-corrected chi connectivity index (χ2v) is 5.25. The van der Waals surface area contributed by atoms with Gasteiger partial charge >= 0.3 is 0 Å². The van der Waals surface area contributed by atoms with Crippen LogP contribution < -0.4 is 5.32 Å². The molecule has 2 rings (SSSR count). The number of aryl methyl sites for hydroxylation is 2. The summed E-state index contributed by atoms with van der Waals surface area (Å²) >= 11 is 1.58. The average molecular weight is 267 g/mol. The summed E-state index contributed by atoms with van der Waals surface area (Å²) in [5, 5.41) is 13.6. The largest absolute Gasteiger partial charge is 0.394 e. The Kier molecular flexibility index (Phi) is 3.98. The fourth-order valence-corrected chi connectivity index (χ4v) is 2.71. The quantitative estimate of drug-likeness (QED) is 0.853. The third kappa shape index (κ3) is 2.88. The van der Waals surface area contributed by atoms with E-state index in [2.05, 4.69) is 10.3 Å². The van der Waals surface area contributed by atoms with Crippen LogP contribution in [0, 0.1) is 6.92 Å². The maximum Gasteiger partial charge on any atom is 0.220 e. The molecule has 1 unspecified atom stereocenters. The van der Waals surface area contributed by atoms with E-state index in [1.165, 1.54) is 0 Å². The Morgan fingerprint density at radius 2 is 2.44 bits per heavy atom. The Morgan fingerprint density at radius 1 is 1.67 bits per heavy atom. The number of imidazole rings is 1. The van der Waals surface area contributed by atoms with Crippen molar-refractivity contribution in [3.05, 3.63) is 23.0 Å². The van der Waals surface area contributed by atoms with E-state index in [0.29, 0.717) is 12.8 Å². The predicted molar refractivity (Wildman–Crippen MR) is 70.8 cm³/mol. The Balaban J connectivity index is 1.95. The first-order valence-electron chi connectivity index (χ1n) is 5.92. The van der Waals surface area contributed by atoms with Gasteiger partial charge in [0, 0.05) is 29.7 Å². The first-order chi connectivity index (χ1) is 8.60. The van der Waals surface area contributed by atoms with Gasteiger partial charge in [0.05, 0.1) is 12.3 Å². The number of rotatable bonds is 5. The molecule has 2 aromatic rings. The minimum Gasteiger partial charge on any atom is -0.394 e. The third-order valence-corrected chi connectivity index (χ3v) is 3.58. The summed E-state index contributed by atoms with van der Waals surface area (Å²) < 4.78 is 2.03. The molecular weight excluding hydrogens is 250 g/mol. The van der Waals surface area contributed by atoms with Crippen molar-refractivity contribution in [2.45, 2.75) is 32.7 Å². The Bertz CT molecular complexity index is 547. The molecule has 1 amide bonds. The standard InChI is InChI=1S/C12H17N3O2S/c1-8-5-15-10(7-18-12(15)14-8)3-4-11(17)13-9(2)6-16/h5,7,9,16H,3-4,6H2,1-2H3,(H,13,17). The van der Waals surface area contributed by atoms with Crippen LogP contribution in [0.5, 0.6) is 0 Å². The van der Waals surface area contributed by atoms with Crippen LogP contribution in [0.1, 0.15) is 24.7 Å². The molecule has 0 radical (unpaired) electrons. The summed E-state index contributed by atoms with van der Waals surface area (Å²) in [7, 11) is 0. The lowest BCUT2D eigenvalue weighted by Gasteiger charge is -2.10. The van der Waals surface area contributed by atoms with E-state index in [4.69, 9.17) is 5.11 Å². The molecule has 2 aromatic heterocycles. The van der Waals surface area contributed by atoms with Crippen LogP contribution in [-0.2, 0) is 11.2 Å². The monoisotopic (exact) mass is 267 g/mol. The highest BCUT2D eigenvalue weighted by molar-refractivity contribution is 7.15. The molecule has 0 aliphatic heterocycles. The number of aliphatic hydroxyl groups excluding tert-OH is 1. The van der Waals surface area contributed by atoms with Gasteiger partial charge in [-0.05, 0) is 20.3 Å². The molecule has 0 aliphatic rings. The molecule has 2 heterocycles. The van der Waals surface area contributed by atoms with Crippen molar-refractivity contribution in [3.8, 4) is 0 Å². The van der Waals surface area contributed by atoms with Crippen LogP contribution in [-0.4, -0.2) is 33.0 Å². The first kappa shape index (κ1) is 13.0. The maximum absolute atomic E-state index is 11.6. The summed E-state index contributed by atoms with van der Waals surface area (Å²) in [4.78, 5) is 16.9. The molecule has 6 heteroatoms. The normalized spacial score (nSPS) is 12.8. The van der Waals surface area contributed by atoms with Gasteiger partial charge in [-0.1, -0.05) is 0 Å². The molecule has 0 saturated carbocycles. The van der Waals surface area contributed by atoms with Gasteiger partial charge < -0.3 is 10.4 Å². The van der Waals surface area contributed by atoms with Gasteiger partial charge in [0.1, 0.15) is 0 Å². The minimum atomic E-state index is -0.185. The summed E-state index contributed by atoms with van der Waals surface area (Å²) in [6.45, 7) is 3.70. The van der Waals surface area contributed by atoms with E-state index >= 15 is 0 Å². The highest BCUT2D eigenvalue weighted by atomic mass is 32.1. The average Bonchev–Trinajstić information content (AvgIpc) is 2.85. The number of fused-ring (bicyclic) bond motifs is 1. The second-order valence-electron chi connectivity index (χ2n) is 4.41. The number of nitrogens with one attached hydrogen (secondary N) is 1. The van der Waals surface area contributed by atoms with Crippen molar-refractivity contribution >= 4 is 22.2 Å². The zero-order valence-corrected chi connectivity index (χ0v) is 11.3. The van der Waals surface area contributed by atoms with Crippen molar-refractivity contribution in [2.24, 2.45) is 0 Å². The molecule has 1 atom stereocenters. The Morgan fingerprint density at radius 3 is 3.17 bits per heavy atom. The van der Waals surface area contributed by atoms with Gasteiger partial charge in [-0.15, -0.1) is 11.3 Å². The van der Waals surface area contributed by atoms with E-state index in [1.54, 1.807) is 18.3 Å². The Labute approximate surface area is 109 Å². The molecule has 0 aliphatic carbocycles. The molecule has 18 heavy (non-hydrogen) atoms. The van der Waals surface area contributed by atoms with E-state index < -0.39 is 0 Å². The molecule has 0 bridgehead atoms. The number of hydrogen-bond donors (Lipinski definition) is 2. The minimum absolute atomic E-state index is 0.0326. The number of carbonyl (C=O) groups excluding carboxylic acids is 1. The van der Waals surface area contributed by atoms with Crippen LogP contribution in [0.4, 0.5) is 0 Å². The number of aromatic nitrogens is 2. The molecule has 0 spiro atoms. The molecular formula is C12H17N3O2S. The molecule has 2 N–H and O–H groups in total. The maximum atomic E-state index is 11.6. The SMILES string of the molecule is Cc1cn2c(CCC(=O)NC(C)CO)csc2n1. The van der Waals surface area contributed by atoms with Gasteiger partial charge in [0.25, 0.3) is 0 Å². The molecule has 0 saturated heterocycles. The van der Waals surface area contributed by atoms with Crippen molar-refractivity contribution < 1.29 is 9.90 Å². The fourth-order valence-electron chi connectivity index (χ4n) is 1.76. The summed E-state index contributed by atoms with van der Waals surface area (Å²) in [6.07, 6.45) is 3.09. The number of thiazole rings is 1. The predicted octanol–water partition coefficient (Wildman–Crippen LogP) is 1.13. The molecule has 0 aromatic carbocycles. The fraction of sp³-hybridized carbons (Fsp3) is 0.500. The van der Waals surface area contributed by atoms with E-state index in [0.717, 1.165) is 16.3 Å². The number of aliphatic hydroxyl groups is 1. The molecule has 0 fully saturated rings. The van der Waals surface area contributed by atoms with Gasteiger partial charge in [-0.3, -0.25) is 9.20 Å². The van der Waals surface area contributed by atoms with Crippen LogP contribution >= 0.6 is 11.3 Å². The van der Waals surface area contributed by atoms with Crippen molar-refractivity contribution in [3.63, 3.8) is 0 Å². The number of nitrogens with zero attached hydrogens (tertiary/aromatic N) is 2. The number of hydrogen-bond acceptors (Lipinski definition) is 4. The highest BCUT2D eigenvalue weighted by Gasteiger charge is 2.10. The van der Waals surface area contributed by atoms with Crippen molar-refractivity contribution in [2.75, 3.05) is 6.61 Å². The van der Waals surface area contributed by atoms with Crippen LogP contribution in [0.25, 0.3) is 4.96 Å². The topological polar surface area (TPSA) is 66.6 Å². The number of amides is 1. The van der Waals surface area contributed by atoms with Crippen LogP contribution in [0.2, 0.25) is 0 Å². The van der Waals surface area contributed by atoms with E-state index in [1.807, 2.05) is 22.9 Å². The summed E-state index contributed by atoms with van der Waals surface area (Å²) in [5.74, 6) is -0.0345. The Hall–Kier alpha value is -1.40. The van der Waals surface area contributed by atoms with Crippen molar-refractivity contribution in [1.82, 2.24) is 14.7 Å². The highest BCUT2D eigenvalue weighted by Crippen LogP contribution is 2.17. The van der Waals surface area contributed by atoms with Crippen molar-refractivity contribution in [1.29, 1.82) is 0 Å². The van der Waals surface area contributed by atoms with Gasteiger partial charge in [0.2, 0.25) is 5.91 Å². The van der Waals surface area contributed by atoms with Gasteiger partial charge in [0.15, 0.2) is 4.96 Å². The van der Waals surface area contributed by atoms with Crippen LogP contribution in [0.3, 0.4) is 0 Å². The van der Waals surface area contributed by atoms with E-state index in [9.17, 15) is 4.79 Å².